The Morgan fingerprint density at radius 3 is 2.81 bits per heavy atom. The topological polar surface area (TPSA) is 63.6 Å². The molecule has 90 valence electrons. The highest BCUT2D eigenvalue weighted by atomic mass is 16.5. The van der Waals surface area contributed by atoms with Crippen LogP contribution in [0.25, 0.3) is 0 Å². The third-order valence-corrected chi connectivity index (χ3v) is 1.89. The van der Waals surface area contributed by atoms with E-state index in [1.165, 1.54) is 0 Å². The molecule has 16 heavy (non-hydrogen) atoms. The molecular weight excluding hydrogens is 208 g/mol. The molecule has 0 spiro atoms. The first-order valence-corrected chi connectivity index (χ1v) is 5.27. The summed E-state index contributed by atoms with van der Waals surface area (Å²) in [5.41, 5.74) is 0.978. The van der Waals surface area contributed by atoms with Crippen molar-refractivity contribution in [3.63, 3.8) is 0 Å². The lowest BCUT2D eigenvalue weighted by Gasteiger charge is -2.06. The van der Waals surface area contributed by atoms with E-state index < -0.39 is 0 Å². The number of hydrogen-bond donors (Lipinski definition) is 2. The Kier molecular flexibility index (Phi) is 6.48. The van der Waals surface area contributed by atoms with Crippen LogP contribution in [0.3, 0.4) is 0 Å². The lowest BCUT2D eigenvalue weighted by Crippen LogP contribution is -2.10. The van der Waals surface area contributed by atoms with Crippen LogP contribution < -0.4 is 10.1 Å². The van der Waals surface area contributed by atoms with Gasteiger partial charge in [0.1, 0.15) is 12.4 Å². The van der Waals surface area contributed by atoms with Gasteiger partial charge in [0.2, 0.25) is 0 Å². The van der Waals surface area contributed by atoms with Gasteiger partial charge >= 0.3 is 0 Å². The average molecular weight is 226 g/mol. The molecular formula is C11H18N2O3. The Labute approximate surface area is 95.4 Å². The van der Waals surface area contributed by atoms with Crippen molar-refractivity contribution in [3.8, 4) is 5.75 Å². The van der Waals surface area contributed by atoms with E-state index in [2.05, 4.69) is 10.3 Å². The minimum Gasteiger partial charge on any atom is -0.490 e. The van der Waals surface area contributed by atoms with Crippen LogP contribution in [-0.2, 0) is 11.3 Å². The summed E-state index contributed by atoms with van der Waals surface area (Å²) >= 11 is 0. The number of aliphatic hydroxyl groups is 1. The van der Waals surface area contributed by atoms with Crippen molar-refractivity contribution >= 4 is 0 Å². The maximum atomic E-state index is 8.48. The average Bonchev–Trinajstić information content (AvgIpc) is 2.31. The molecule has 0 aromatic carbocycles. The van der Waals surface area contributed by atoms with Gasteiger partial charge in [-0.3, -0.25) is 4.98 Å². The first-order valence-electron chi connectivity index (χ1n) is 5.27. The summed E-state index contributed by atoms with van der Waals surface area (Å²) < 4.78 is 10.5. The molecule has 1 aromatic rings. The van der Waals surface area contributed by atoms with E-state index in [0.29, 0.717) is 19.8 Å². The zero-order chi connectivity index (χ0) is 11.6. The third-order valence-electron chi connectivity index (χ3n) is 1.89. The number of aliphatic hydroxyl groups excluding tert-OH is 1. The van der Waals surface area contributed by atoms with Gasteiger partial charge in [0.05, 0.1) is 31.7 Å². The smallest absolute Gasteiger partial charge is 0.137 e. The first kappa shape index (κ1) is 12.9. The Morgan fingerprint density at radius 2 is 2.19 bits per heavy atom. The van der Waals surface area contributed by atoms with Crippen LogP contribution in [-0.4, -0.2) is 43.6 Å². The number of aromatic nitrogens is 1. The monoisotopic (exact) mass is 226 g/mol. The Bertz CT molecular complexity index is 277. The molecule has 0 fully saturated rings. The van der Waals surface area contributed by atoms with Gasteiger partial charge in [-0.2, -0.15) is 0 Å². The number of hydrogen-bond acceptors (Lipinski definition) is 5. The summed E-state index contributed by atoms with van der Waals surface area (Å²) in [5, 5.41) is 11.5. The molecule has 5 nitrogen and oxygen atoms in total. The van der Waals surface area contributed by atoms with Crippen molar-refractivity contribution in [1.82, 2.24) is 10.3 Å². The van der Waals surface area contributed by atoms with Crippen molar-refractivity contribution in [1.29, 1.82) is 0 Å². The molecule has 0 aliphatic rings. The molecule has 0 unspecified atom stereocenters. The second-order valence-corrected chi connectivity index (χ2v) is 3.20. The molecule has 0 bridgehead atoms. The van der Waals surface area contributed by atoms with E-state index in [0.717, 1.165) is 18.0 Å². The van der Waals surface area contributed by atoms with Crippen molar-refractivity contribution < 1.29 is 14.6 Å². The number of nitrogens with zero attached hydrogens (tertiary/aromatic N) is 1. The fraction of sp³-hybridized carbons (Fsp3) is 0.545. The summed E-state index contributed by atoms with van der Waals surface area (Å²) in [5.74, 6) is 0.729. The van der Waals surface area contributed by atoms with Gasteiger partial charge < -0.3 is 19.9 Å². The standard InChI is InChI=1S/C11H18N2O3/c1-12-8-10-2-3-11(9-13-10)16-7-6-15-5-4-14/h2-3,9,12,14H,4-8H2,1H3. The van der Waals surface area contributed by atoms with Gasteiger partial charge in [0.25, 0.3) is 0 Å². The molecule has 5 heteroatoms. The molecule has 0 amide bonds. The third kappa shape index (κ3) is 5.06. The quantitative estimate of drug-likeness (QED) is 0.619. The molecule has 0 aliphatic carbocycles. The van der Waals surface area contributed by atoms with Crippen LogP contribution in [0.5, 0.6) is 5.75 Å². The molecule has 1 aromatic heterocycles. The number of pyridine rings is 1. The lowest BCUT2D eigenvalue weighted by atomic mass is 10.3. The number of nitrogens with one attached hydrogen (secondary N) is 1. The fourth-order valence-corrected chi connectivity index (χ4v) is 1.17. The second kappa shape index (κ2) is 8.04. The van der Waals surface area contributed by atoms with E-state index in [-0.39, 0.29) is 6.61 Å². The largest absolute Gasteiger partial charge is 0.490 e. The van der Waals surface area contributed by atoms with Crippen molar-refractivity contribution in [2.24, 2.45) is 0 Å². The van der Waals surface area contributed by atoms with E-state index in [1.54, 1.807) is 6.20 Å². The number of rotatable bonds is 8. The zero-order valence-electron chi connectivity index (χ0n) is 9.48. The van der Waals surface area contributed by atoms with Crippen LogP contribution in [0.4, 0.5) is 0 Å². The SMILES string of the molecule is CNCc1ccc(OCCOCCO)cn1. The van der Waals surface area contributed by atoms with E-state index >= 15 is 0 Å². The highest BCUT2D eigenvalue weighted by Gasteiger charge is 1.96. The summed E-state index contributed by atoms with van der Waals surface area (Å²) in [7, 11) is 1.88. The van der Waals surface area contributed by atoms with E-state index in [4.69, 9.17) is 14.6 Å². The van der Waals surface area contributed by atoms with Crippen molar-refractivity contribution in [2.75, 3.05) is 33.5 Å². The summed E-state index contributed by atoms with van der Waals surface area (Å²) in [6.07, 6.45) is 1.69. The normalized spacial score (nSPS) is 10.4. The molecule has 2 N–H and O–H groups in total. The fourth-order valence-electron chi connectivity index (χ4n) is 1.17. The maximum absolute atomic E-state index is 8.48. The molecule has 0 radical (unpaired) electrons. The van der Waals surface area contributed by atoms with Gasteiger partial charge in [-0.1, -0.05) is 0 Å². The second-order valence-electron chi connectivity index (χ2n) is 3.20. The van der Waals surface area contributed by atoms with E-state index in [9.17, 15) is 0 Å². The van der Waals surface area contributed by atoms with E-state index in [1.807, 2.05) is 19.2 Å². The first-order chi connectivity index (χ1) is 7.86. The van der Waals surface area contributed by atoms with Crippen LogP contribution in [0.2, 0.25) is 0 Å². The highest BCUT2D eigenvalue weighted by Crippen LogP contribution is 2.08. The van der Waals surface area contributed by atoms with Gasteiger partial charge in [-0.15, -0.1) is 0 Å². The zero-order valence-corrected chi connectivity index (χ0v) is 9.48. The van der Waals surface area contributed by atoms with Gasteiger partial charge in [0, 0.05) is 6.54 Å². The summed E-state index contributed by atoms with van der Waals surface area (Å²) in [4.78, 5) is 4.22. The summed E-state index contributed by atoms with van der Waals surface area (Å²) in [6, 6.07) is 3.80. The molecule has 0 saturated carbocycles. The van der Waals surface area contributed by atoms with Gasteiger partial charge in [-0.25, -0.2) is 0 Å². The molecule has 1 heterocycles. The molecule has 0 aliphatic heterocycles. The Morgan fingerprint density at radius 1 is 1.31 bits per heavy atom. The highest BCUT2D eigenvalue weighted by molar-refractivity contribution is 5.19. The summed E-state index contributed by atoms with van der Waals surface area (Å²) in [6.45, 7) is 2.08. The Balaban J connectivity index is 2.21. The minimum atomic E-state index is 0.0419. The maximum Gasteiger partial charge on any atom is 0.137 e. The van der Waals surface area contributed by atoms with Gasteiger partial charge in [0.15, 0.2) is 0 Å². The van der Waals surface area contributed by atoms with Crippen LogP contribution in [0.1, 0.15) is 5.69 Å². The Hall–Kier alpha value is -1.17. The minimum absolute atomic E-state index is 0.0419. The van der Waals surface area contributed by atoms with Crippen LogP contribution >= 0.6 is 0 Å². The molecule has 1 rings (SSSR count). The van der Waals surface area contributed by atoms with Crippen molar-refractivity contribution in [3.05, 3.63) is 24.0 Å². The predicted octanol–water partition coefficient (Wildman–Crippen LogP) is 0.189. The predicted molar refractivity (Wildman–Crippen MR) is 60.4 cm³/mol. The van der Waals surface area contributed by atoms with Gasteiger partial charge in [-0.05, 0) is 19.2 Å². The molecule has 0 atom stereocenters. The van der Waals surface area contributed by atoms with Crippen LogP contribution in [0.15, 0.2) is 18.3 Å². The number of ether oxygens (including phenoxy) is 2. The van der Waals surface area contributed by atoms with Crippen LogP contribution in [0, 0.1) is 0 Å². The molecule has 0 saturated heterocycles. The van der Waals surface area contributed by atoms with Crippen molar-refractivity contribution in [2.45, 2.75) is 6.54 Å². The lowest BCUT2D eigenvalue weighted by molar-refractivity contribution is 0.0704.